The summed E-state index contributed by atoms with van der Waals surface area (Å²) in [6.45, 7) is 4.22. The summed E-state index contributed by atoms with van der Waals surface area (Å²) in [7, 11) is 0. The van der Waals surface area contributed by atoms with Crippen molar-refractivity contribution in [3.63, 3.8) is 0 Å². The van der Waals surface area contributed by atoms with Crippen LogP contribution in [0.1, 0.15) is 41.0 Å². The van der Waals surface area contributed by atoms with Gasteiger partial charge in [-0.05, 0) is 49.7 Å². The Bertz CT molecular complexity index is 810. The minimum Gasteiger partial charge on any atom is -0.494 e. The maximum absolute atomic E-state index is 12.7. The number of carbonyl (C=O) groups is 3. The highest BCUT2D eigenvalue weighted by Crippen LogP contribution is 2.26. The predicted molar refractivity (Wildman–Crippen MR) is 97.3 cm³/mol. The van der Waals surface area contributed by atoms with Crippen LogP contribution < -0.4 is 10.1 Å². The van der Waals surface area contributed by atoms with E-state index in [9.17, 15) is 14.4 Å². The van der Waals surface area contributed by atoms with Crippen LogP contribution in [0.3, 0.4) is 0 Å². The second-order valence-electron chi connectivity index (χ2n) is 5.90. The Labute approximate surface area is 151 Å². The van der Waals surface area contributed by atoms with E-state index in [1.54, 1.807) is 55.5 Å². The molecule has 0 aromatic heterocycles. The third kappa shape index (κ3) is 3.18. The fourth-order valence-electron chi connectivity index (χ4n) is 3.00. The van der Waals surface area contributed by atoms with Crippen molar-refractivity contribution in [2.75, 3.05) is 11.9 Å². The lowest BCUT2D eigenvalue weighted by molar-refractivity contribution is -0.120. The van der Waals surface area contributed by atoms with E-state index in [0.29, 0.717) is 35.6 Å². The molecule has 6 heteroatoms. The predicted octanol–water partition coefficient (Wildman–Crippen LogP) is 3.10. The van der Waals surface area contributed by atoms with E-state index in [4.69, 9.17) is 4.74 Å². The second kappa shape index (κ2) is 7.39. The van der Waals surface area contributed by atoms with Crippen molar-refractivity contribution in [2.24, 2.45) is 0 Å². The van der Waals surface area contributed by atoms with Gasteiger partial charge >= 0.3 is 0 Å². The summed E-state index contributed by atoms with van der Waals surface area (Å²) in [6, 6.07) is 12.7. The Hall–Kier alpha value is -3.15. The van der Waals surface area contributed by atoms with Crippen molar-refractivity contribution in [1.29, 1.82) is 0 Å². The van der Waals surface area contributed by atoms with Gasteiger partial charge in [0.2, 0.25) is 5.91 Å². The van der Waals surface area contributed by atoms with E-state index in [-0.39, 0.29) is 0 Å². The lowest BCUT2D eigenvalue weighted by Crippen LogP contribution is -2.46. The van der Waals surface area contributed by atoms with Crippen LogP contribution >= 0.6 is 0 Å². The minimum absolute atomic E-state index is 0.328. The zero-order valence-corrected chi connectivity index (χ0v) is 14.7. The van der Waals surface area contributed by atoms with Crippen LogP contribution in [0, 0.1) is 0 Å². The highest BCUT2D eigenvalue weighted by molar-refractivity contribution is 6.23. The number of benzene rings is 2. The van der Waals surface area contributed by atoms with Gasteiger partial charge in [-0.1, -0.05) is 19.1 Å². The Balaban J connectivity index is 1.77. The number of hydrogen-bond donors (Lipinski definition) is 1. The second-order valence-corrected chi connectivity index (χ2v) is 5.90. The molecule has 0 spiro atoms. The highest BCUT2D eigenvalue weighted by Gasteiger charge is 2.41. The lowest BCUT2D eigenvalue weighted by Gasteiger charge is -2.24. The fraction of sp³-hybridized carbons (Fsp3) is 0.250. The average molecular weight is 352 g/mol. The van der Waals surface area contributed by atoms with E-state index in [2.05, 4.69) is 5.32 Å². The highest BCUT2D eigenvalue weighted by atomic mass is 16.5. The number of anilines is 1. The summed E-state index contributed by atoms with van der Waals surface area (Å²) in [5.74, 6) is -0.553. The lowest BCUT2D eigenvalue weighted by atomic mass is 10.1. The zero-order chi connectivity index (χ0) is 18.7. The summed E-state index contributed by atoms with van der Waals surface area (Å²) >= 11 is 0. The van der Waals surface area contributed by atoms with Gasteiger partial charge < -0.3 is 10.1 Å². The summed E-state index contributed by atoms with van der Waals surface area (Å²) in [5.41, 5.74) is 1.25. The number of imide groups is 1. The molecule has 2 aromatic rings. The van der Waals surface area contributed by atoms with Crippen molar-refractivity contribution >= 4 is 23.4 Å². The molecule has 1 aliphatic heterocycles. The molecule has 134 valence electrons. The van der Waals surface area contributed by atoms with Gasteiger partial charge in [0.1, 0.15) is 11.8 Å². The Kier molecular flexibility index (Phi) is 5.02. The Morgan fingerprint density at radius 2 is 1.58 bits per heavy atom. The molecule has 0 saturated carbocycles. The molecule has 1 heterocycles. The third-order valence-corrected chi connectivity index (χ3v) is 4.26. The molecule has 3 rings (SSSR count). The van der Waals surface area contributed by atoms with Gasteiger partial charge in [0, 0.05) is 5.69 Å². The van der Waals surface area contributed by atoms with E-state index in [1.807, 2.05) is 6.92 Å². The molecule has 0 aliphatic carbocycles. The number of fused-ring (bicyclic) bond motifs is 1. The molecule has 0 radical (unpaired) electrons. The SMILES string of the molecule is CCOc1ccc(NC(=O)[C@H](CC)N2C(=O)c3ccccc3C2=O)cc1. The van der Waals surface area contributed by atoms with Gasteiger partial charge in [-0.15, -0.1) is 0 Å². The zero-order valence-electron chi connectivity index (χ0n) is 14.7. The summed E-state index contributed by atoms with van der Waals surface area (Å²) < 4.78 is 5.37. The monoisotopic (exact) mass is 352 g/mol. The summed E-state index contributed by atoms with van der Waals surface area (Å²) in [4.78, 5) is 38.9. The van der Waals surface area contributed by atoms with E-state index in [0.717, 1.165) is 4.90 Å². The number of nitrogens with zero attached hydrogens (tertiary/aromatic N) is 1. The molecule has 2 aromatic carbocycles. The number of hydrogen-bond acceptors (Lipinski definition) is 4. The van der Waals surface area contributed by atoms with Crippen LogP contribution in [0.2, 0.25) is 0 Å². The standard InChI is InChI=1S/C20H20N2O4/c1-3-17(18(23)21-13-9-11-14(12-10-13)26-4-2)22-19(24)15-7-5-6-8-16(15)20(22)25/h5-12,17H,3-4H2,1-2H3,(H,21,23)/t17-/m0/s1. The van der Waals surface area contributed by atoms with Crippen LogP contribution in [0.25, 0.3) is 0 Å². The van der Waals surface area contributed by atoms with Crippen molar-refractivity contribution in [2.45, 2.75) is 26.3 Å². The third-order valence-electron chi connectivity index (χ3n) is 4.26. The van der Waals surface area contributed by atoms with Crippen molar-refractivity contribution < 1.29 is 19.1 Å². The number of ether oxygens (including phenoxy) is 1. The average Bonchev–Trinajstić information content (AvgIpc) is 2.90. The van der Waals surface area contributed by atoms with Gasteiger partial charge in [-0.25, -0.2) is 0 Å². The molecule has 0 saturated heterocycles. The van der Waals surface area contributed by atoms with Gasteiger partial charge in [-0.2, -0.15) is 0 Å². The van der Waals surface area contributed by atoms with Crippen molar-refractivity contribution in [3.8, 4) is 5.75 Å². The first-order chi connectivity index (χ1) is 12.6. The number of nitrogens with one attached hydrogen (secondary N) is 1. The number of amides is 3. The molecule has 0 fully saturated rings. The van der Waals surface area contributed by atoms with Crippen molar-refractivity contribution in [1.82, 2.24) is 4.90 Å². The first-order valence-electron chi connectivity index (χ1n) is 8.57. The quantitative estimate of drug-likeness (QED) is 0.811. The van der Waals surface area contributed by atoms with Crippen LogP contribution in [0.4, 0.5) is 5.69 Å². The van der Waals surface area contributed by atoms with Crippen LogP contribution in [0.15, 0.2) is 48.5 Å². The molecule has 1 aliphatic rings. The molecule has 26 heavy (non-hydrogen) atoms. The first-order valence-corrected chi connectivity index (χ1v) is 8.57. The van der Waals surface area contributed by atoms with E-state index < -0.39 is 23.8 Å². The molecule has 3 amide bonds. The molecular weight excluding hydrogens is 332 g/mol. The topological polar surface area (TPSA) is 75.7 Å². The molecule has 6 nitrogen and oxygen atoms in total. The molecule has 0 unspecified atom stereocenters. The van der Waals surface area contributed by atoms with Gasteiger partial charge in [0.15, 0.2) is 0 Å². The molecule has 1 N–H and O–H groups in total. The Morgan fingerprint density at radius 3 is 2.08 bits per heavy atom. The van der Waals surface area contributed by atoms with Gasteiger partial charge in [0.05, 0.1) is 17.7 Å². The molecule has 0 bridgehead atoms. The molecular formula is C20H20N2O4. The smallest absolute Gasteiger partial charge is 0.262 e. The van der Waals surface area contributed by atoms with E-state index >= 15 is 0 Å². The largest absolute Gasteiger partial charge is 0.494 e. The van der Waals surface area contributed by atoms with Gasteiger partial charge in [-0.3, -0.25) is 19.3 Å². The normalized spacial score (nSPS) is 14.2. The van der Waals surface area contributed by atoms with Crippen LogP contribution in [-0.2, 0) is 4.79 Å². The van der Waals surface area contributed by atoms with Crippen molar-refractivity contribution in [3.05, 3.63) is 59.7 Å². The maximum atomic E-state index is 12.7. The van der Waals surface area contributed by atoms with Crippen LogP contribution in [-0.4, -0.2) is 35.3 Å². The maximum Gasteiger partial charge on any atom is 0.262 e. The summed E-state index contributed by atoms with van der Waals surface area (Å²) in [6.07, 6.45) is 0.328. The van der Waals surface area contributed by atoms with Crippen LogP contribution in [0.5, 0.6) is 5.75 Å². The Morgan fingerprint density at radius 1 is 1.00 bits per heavy atom. The number of rotatable bonds is 6. The molecule has 1 atom stereocenters. The number of carbonyl (C=O) groups excluding carboxylic acids is 3. The van der Waals surface area contributed by atoms with Gasteiger partial charge in [0.25, 0.3) is 11.8 Å². The fourth-order valence-corrected chi connectivity index (χ4v) is 3.00. The van der Waals surface area contributed by atoms with E-state index in [1.165, 1.54) is 0 Å². The summed E-state index contributed by atoms with van der Waals surface area (Å²) in [5, 5.41) is 2.77. The first kappa shape index (κ1) is 17.7. The minimum atomic E-state index is -0.867.